The van der Waals surface area contributed by atoms with Crippen LogP contribution in [0.3, 0.4) is 0 Å². The van der Waals surface area contributed by atoms with Crippen molar-refractivity contribution in [2.24, 2.45) is 5.92 Å². The van der Waals surface area contributed by atoms with E-state index in [1.165, 1.54) is 24.3 Å². The van der Waals surface area contributed by atoms with Crippen LogP contribution in [0.1, 0.15) is 31.7 Å². The molecule has 5 nitrogen and oxygen atoms in total. The predicted molar refractivity (Wildman–Crippen MR) is 111 cm³/mol. The van der Waals surface area contributed by atoms with Gasteiger partial charge >= 0.3 is 0 Å². The second-order valence-electron chi connectivity index (χ2n) is 8.08. The lowest BCUT2D eigenvalue weighted by Crippen LogP contribution is -2.57. The summed E-state index contributed by atoms with van der Waals surface area (Å²) in [7, 11) is -4.21. The molecule has 2 aromatic rings. The largest absolute Gasteiger partial charge is 0.490 e. The van der Waals surface area contributed by atoms with Crippen LogP contribution < -0.4 is 4.74 Å². The van der Waals surface area contributed by atoms with Gasteiger partial charge in [0.2, 0.25) is 0 Å². The third-order valence-electron chi connectivity index (χ3n) is 6.21. The average molecular weight is 473 g/mol. The van der Waals surface area contributed by atoms with Gasteiger partial charge in [0.05, 0.1) is 29.3 Å². The van der Waals surface area contributed by atoms with Crippen molar-refractivity contribution in [3.63, 3.8) is 0 Å². The van der Waals surface area contributed by atoms with E-state index in [0.29, 0.717) is 17.9 Å². The maximum atomic E-state index is 15.2. The molecule has 1 saturated heterocycles. The zero-order valence-corrected chi connectivity index (χ0v) is 18.4. The highest BCUT2D eigenvalue weighted by Crippen LogP contribution is 2.56. The minimum Gasteiger partial charge on any atom is -0.490 e. The number of benzene rings is 2. The quantitative estimate of drug-likeness (QED) is 0.704. The van der Waals surface area contributed by atoms with Gasteiger partial charge in [-0.2, -0.15) is 0 Å². The molecule has 9 heteroatoms. The highest BCUT2D eigenvalue weighted by Gasteiger charge is 2.61. The van der Waals surface area contributed by atoms with Crippen LogP contribution in [-0.2, 0) is 19.3 Å². The predicted octanol–water partition coefficient (Wildman–Crippen LogP) is 4.25. The third-order valence-corrected chi connectivity index (χ3v) is 9.03. The Morgan fingerprint density at radius 3 is 2.55 bits per heavy atom. The summed E-state index contributed by atoms with van der Waals surface area (Å²) in [5.41, 5.74) is -0.288. The van der Waals surface area contributed by atoms with Crippen LogP contribution in [0.15, 0.2) is 41.3 Å². The Kier molecular flexibility index (Phi) is 6.02. The van der Waals surface area contributed by atoms with Crippen LogP contribution in [0.5, 0.6) is 5.75 Å². The molecule has 0 aliphatic carbocycles. The molecule has 0 amide bonds. The smallest absolute Gasteiger partial charge is 0.189 e. The molecule has 2 heterocycles. The molecule has 31 heavy (non-hydrogen) atoms. The molecule has 2 aliphatic heterocycles. The molecule has 0 saturated carbocycles. The summed E-state index contributed by atoms with van der Waals surface area (Å²) >= 11 is 5.94. The van der Waals surface area contributed by atoms with Crippen molar-refractivity contribution in [2.45, 2.75) is 48.0 Å². The molecule has 4 rings (SSSR count). The lowest BCUT2D eigenvalue weighted by atomic mass is 9.74. The van der Waals surface area contributed by atoms with Gasteiger partial charge in [0.25, 0.3) is 0 Å². The number of hydrogen-bond donors (Lipinski definition) is 1. The Bertz CT molecular complexity index is 1070. The lowest BCUT2D eigenvalue weighted by molar-refractivity contribution is -0.0795. The van der Waals surface area contributed by atoms with Gasteiger partial charge < -0.3 is 14.6 Å². The van der Waals surface area contributed by atoms with E-state index in [4.69, 9.17) is 21.1 Å². The molecule has 4 atom stereocenters. The summed E-state index contributed by atoms with van der Waals surface area (Å²) in [5, 5.41) is 10.1. The molecule has 168 valence electrons. The Morgan fingerprint density at radius 2 is 1.87 bits per heavy atom. The topological polar surface area (TPSA) is 72.8 Å². The first-order valence-corrected chi connectivity index (χ1v) is 12.0. The van der Waals surface area contributed by atoms with Crippen LogP contribution in [0.25, 0.3) is 0 Å². The van der Waals surface area contributed by atoms with Crippen molar-refractivity contribution in [3.05, 3.63) is 58.6 Å². The molecule has 0 aromatic heterocycles. The zero-order chi connectivity index (χ0) is 22.4. The minimum absolute atomic E-state index is 0.0328. The zero-order valence-electron chi connectivity index (χ0n) is 16.9. The Balaban J connectivity index is 1.95. The number of aliphatic hydroxyl groups excluding tert-OH is 1. The van der Waals surface area contributed by atoms with E-state index in [-0.39, 0.29) is 35.8 Å². The van der Waals surface area contributed by atoms with Crippen LogP contribution in [-0.4, -0.2) is 38.9 Å². The number of sulfone groups is 1. The summed E-state index contributed by atoms with van der Waals surface area (Å²) < 4.78 is 67.6. The molecule has 2 aliphatic rings. The van der Waals surface area contributed by atoms with Gasteiger partial charge in [-0.1, -0.05) is 11.6 Å². The van der Waals surface area contributed by atoms with Crippen molar-refractivity contribution in [1.82, 2.24) is 0 Å². The number of halogens is 3. The molecular weight excluding hydrogens is 450 g/mol. The fourth-order valence-electron chi connectivity index (χ4n) is 4.74. The van der Waals surface area contributed by atoms with Gasteiger partial charge in [-0.25, -0.2) is 17.2 Å². The first-order valence-electron chi connectivity index (χ1n) is 10.1. The fourth-order valence-corrected chi connectivity index (χ4v) is 7.21. The normalized spacial score (nSPS) is 26.5. The van der Waals surface area contributed by atoms with Gasteiger partial charge in [0.1, 0.15) is 10.6 Å². The van der Waals surface area contributed by atoms with E-state index < -0.39 is 44.3 Å². The first kappa shape index (κ1) is 22.5. The van der Waals surface area contributed by atoms with E-state index in [9.17, 15) is 17.9 Å². The van der Waals surface area contributed by atoms with Gasteiger partial charge in [-0.3, -0.25) is 0 Å². The summed E-state index contributed by atoms with van der Waals surface area (Å²) in [6, 6.07) is 7.51. The summed E-state index contributed by atoms with van der Waals surface area (Å²) in [6.07, 6.45) is -0.545. The molecule has 2 aromatic carbocycles. The second-order valence-corrected chi connectivity index (χ2v) is 10.7. The number of fused-ring (bicyclic) bond motifs is 3. The van der Waals surface area contributed by atoms with Gasteiger partial charge in [0.15, 0.2) is 21.4 Å². The number of aliphatic hydroxyl groups is 1. The van der Waals surface area contributed by atoms with Crippen molar-refractivity contribution in [2.75, 3.05) is 13.2 Å². The van der Waals surface area contributed by atoms with E-state index in [1.54, 1.807) is 6.92 Å². The number of rotatable bonds is 5. The maximum Gasteiger partial charge on any atom is 0.189 e. The van der Waals surface area contributed by atoms with Crippen molar-refractivity contribution in [1.29, 1.82) is 0 Å². The van der Waals surface area contributed by atoms with Crippen molar-refractivity contribution < 1.29 is 31.8 Å². The Labute approximate surface area is 184 Å². The SMILES string of the molecule is C[C@@H](O)CC[C@@H]1OCC[C@@]2(S(=O)(=O)c3ccc(Cl)cc3)c3c(F)ccc(F)c3OC[C@@H]12. The highest BCUT2D eigenvalue weighted by molar-refractivity contribution is 7.92. The molecule has 0 radical (unpaired) electrons. The average Bonchev–Trinajstić information content (AvgIpc) is 2.74. The first-order chi connectivity index (χ1) is 14.7. The summed E-state index contributed by atoms with van der Waals surface area (Å²) in [6.45, 7) is 1.52. The summed E-state index contributed by atoms with van der Waals surface area (Å²) in [5.74, 6) is -2.81. The van der Waals surface area contributed by atoms with Gasteiger partial charge in [-0.05, 0) is 62.6 Å². The maximum absolute atomic E-state index is 15.2. The monoisotopic (exact) mass is 472 g/mol. The van der Waals surface area contributed by atoms with Crippen LogP contribution in [0, 0.1) is 17.6 Å². The van der Waals surface area contributed by atoms with Crippen molar-refractivity contribution in [3.8, 4) is 5.75 Å². The van der Waals surface area contributed by atoms with E-state index in [2.05, 4.69) is 0 Å². The number of ether oxygens (including phenoxy) is 2. The van der Waals surface area contributed by atoms with E-state index in [0.717, 1.165) is 12.1 Å². The Hall–Kier alpha value is -1.74. The van der Waals surface area contributed by atoms with E-state index in [1.807, 2.05) is 0 Å². The summed E-state index contributed by atoms with van der Waals surface area (Å²) in [4.78, 5) is -0.0328. The molecular formula is C22H23ClF2O5S. The van der Waals surface area contributed by atoms with Crippen LogP contribution >= 0.6 is 11.6 Å². The standard InChI is InChI=1S/C22H23ClF2O5S/c1-13(26)2-9-19-16-12-30-21-18(25)8-7-17(24)20(21)22(16,10-11-29-19)31(27,28)15-5-3-14(23)4-6-15/h3-8,13,16,19,26H,2,9-12H2,1H3/t13-,16+,19+,22+/m1/s1. The number of hydrogen-bond acceptors (Lipinski definition) is 5. The molecule has 1 N–H and O–H groups in total. The molecule has 0 unspecified atom stereocenters. The van der Waals surface area contributed by atoms with Crippen molar-refractivity contribution >= 4 is 21.4 Å². The Morgan fingerprint density at radius 1 is 1.19 bits per heavy atom. The minimum atomic E-state index is -4.21. The van der Waals surface area contributed by atoms with Crippen LogP contribution in [0.2, 0.25) is 5.02 Å². The van der Waals surface area contributed by atoms with Gasteiger partial charge in [-0.15, -0.1) is 0 Å². The third kappa shape index (κ3) is 3.63. The molecule has 0 bridgehead atoms. The fraction of sp³-hybridized carbons (Fsp3) is 0.455. The molecule has 1 fully saturated rings. The lowest BCUT2D eigenvalue weighted by Gasteiger charge is -2.50. The van der Waals surface area contributed by atoms with Crippen LogP contribution in [0.4, 0.5) is 8.78 Å². The highest BCUT2D eigenvalue weighted by atomic mass is 35.5. The molecule has 0 spiro atoms. The van der Waals surface area contributed by atoms with Gasteiger partial charge in [0, 0.05) is 17.5 Å². The second kappa shape index (κ2) is 8.31. The van der Waals surface area contributed by atoms with E-state index >= 15 is 4.39 Å².